The molecule has 35 heavy (non-hydrogen) atoms. The van der Waals surface area contributed by atoms with Gasteiger partial charge >= 0.3 is 0 Å². The van der Waals surface area contributed by atoms with E-state index in [1.807, 2.05) is 0 Å². The Bertz CT molecular complexity index is 860. The van der Waals surface area contributed by atoms with Gasteiger partial charge in [-0.1, -0.05) is 93.5 Å². The summed E-state index contributed by atoms with van der Waals surface area (Å²) in [6.07, 6.45) is -1.74. The second kappa shape index (κ2) is 11.3. The highest BCUT2D eigenvalue weighted by atomic mass is 16.6. The van der Waals surface area contributed by atoms with Crippen LogP contribution in [-0.2, 0) is 5.41 Å². The Morgan fingerprint density at radius 1 is 0.514 bits per heavy atom. The molecule has 2 atom stereocenters. The highest BCUT2D eigenvalue weighted by molar-refractivity contribution is 5.55. The zero-order valence-electron chi connectivity index (χ0n) is 24.0. The molecular formula is C31H48O4. The molecular weight excluding hydrogens is 436 g/mol. The fourth-order valence-corrected chi connectivity index (χ4v) is 4.57. The van der Waals surface area contributed by atoms with Gasteiger partial charge in [0.1, 0.15) is 11.5 Å². The minimum absolute atomic E-state index is 0.247. The Morgan fingerprint density at radius 3 is 0.914 bits per heavy atom. The van der Waals surface area contributed by atoms with E-state index in [2.05, 4.69) is 93.5 Å². The number of ether oxygens (including phenoxy) is 2. The standard InChI is InChI=1S/C31H48O4/c1-17(2)25-13-23(14-26(18(3)4)29(25)34-21(9)32)31(11,12)24-15-27(19(5)6)30(35-22(10)33)28(16-24)20(7)8/h13-22,32-33H,1-12H3. The summed E-state index contributed by atoms with van der Waals surface area (Å²) in [4.78, 5) is 0. The smallest absolute Gasteiger partial charge is 0.194 e. The lowest BCUT2D eigenvalue weighted by Crippen LogP contribution is -2.23. The van der Waals surface area contributed by atoms with Gasteiger partial charge in [-0.15, -0.1) is 0 Å². The van der Waals surface area contributed by atoms with Crippen molar-refractivity contribution in [2.45, 2.75) is 125 Å². The molecule has 0 bridgehead atoms. The first-order chi connectivity index (χ1) is 16.1. The molecule has 0 fully saturated rings. The van der Waals surface area contributed by atoms with Gasteiger partial charge in [0.05, 0.1) is 0 Å². The van der Waals surface area contributed by atoms with Crippen LogP contribution >= 0.6 is 0 Å². The van der Waals surface area contributed by atoms with Crippen LogP contribution in [0.2, 0.25) is 0 Å². The molecule has 2 aromatic carbocycles. The van der Waals surface area contributed by atoms with Crippen molar-refractivity contribution < 1.29 is 19.7 Å². The maximum Gasteiger partial charge on any atom is 0.194 e. The lowest BCUT2D eigenvalue weighted by atomic mass is 9.73. The number of aliphatic hydroxyl groups excluding tert-OH is 2. The SMILES string of the molecule is CC(O)Oc1c(C(C)C)cc(C(C)(C)c2cc(C(C)C)c(OC(C)O)c(C(C)C)c2)cc1C(C)C. The third-order valence-electron chi connectivity index (χ3n) is 6.80. The van der Waals surface area contributed by atoms with Crippen LogP contribution in [0.4, 0.5) is 0 Å². The topological polar surface area (TPSA) is 58.9 Å². The third-order valence-corrected chi connectivity index (χ3v) is 6.80. The summed E-state index contributed by atoms with van der Waals surface area (Å²) in [5, 5.41) is 20.1. The Labute approximate surface area is 213 Å². The van der Waals surface area contributed by atoms with Crippen molar-refractivity contribution in [3.05, 3.63) is 57.6 Å². The third kappa shape index (κ3) is 6.59. The molecule has 0 saturated heterocycles. The first-order valence-electron chi connectivity index (χ1n) is 13.1. The second-order valence-electron chi connectivity index (χ2n) is 11.6. The van der Waals surface area contributed by atoms with Crippen LogP contribution in [0.1, 0.15) is 140 Å². The number of hydrogen-bond donors (Lipinski definition) is 2. The summed E-state index contributed by atoms with van der Waals surface area (Å²) in [5.74, 6) is 2.59. The largest absolute Gasteiger partial charge is 0.465 e. The van der Waals surface area contributed by atoms with E-state index in [1.165, 1.54) is 11.1 Å². The molecule has 0 saturated carbocycles. The summed E-state index contributed by atoms with van der Waals surface area (Å²) in [6.45, 7) is 25.2. The van der Waals surface area contributed by atoms with E-state index in [0.29, 0.717) is 0 Å². The predicted molar refractivity (Wildman–Crippen MR) is 146 cm³/mol. The Morgan fingerprint density at radius 2 is 0.743 bits per heavy atom. The van der Waals surface area contributed by atoms with E-state index < -0.39 is 12.6 Å². The van der Waals surface area contributed by atoms with Crippen LogP contribution in [0.3, 0.4) is 0 Å². The van der Waals surface area contributed by atoms with Gasteiger partial charge in [-0.25, -0.2) is 0 Å². The van der Waals surface area contributed by atoms with Gasteiger partial charge in [0.2, 0.25) is 0 Å². The molecule has 0 heterocycles. The average Bonchev–Trinajstić information content (AvgIpc) is 2.71. The van der Waals surface area contributed by atoms with Gasteiger partial charge in [0, 0.05) is 5.41 Å². The minimum Gasteiger partial charge on any atom is -0.465 e. The molecule has 0 aromatic heterocycles. The van der Waals surface area contributed by atoms with Crippen LogP contribution in [0.15, 0.2) is 24.3 Å². The Kier molecular flexibility index (Phi) is 9.46. The molecule has 0 amide bonds. The highest BCUT2D eigenvalue weighted by Crippen LogP contribution is 2.44. The maximum atomic E-state index is 10.0. The monoisotopic (exact) mass is 484 g/mol. The predicted octanol–water partition coefficient (Wildman–Crippen LogP) is 7.94. The second-order valence-corrected chi connectivity index (χ2v) is 11.6. The number of hydrogen-bond acceptors (Lipinski definition) is 4. The number of benzene rings is 2. The van der Waals surface area contributed by atoms with Crippen molar-refractivity contribution in [2.24, 2.45) is 0 Å². The molecule has 2 rings (SSSR count). The number of rotatable bonds is 10. The van der Waals surface area contributed by atoms with E-state index in [9.17, 15) is 10.2 Å². The van der Waals surface area contributed by atoms with Crippen LogP contribution in [0.25, 0.3) is 0 Å². The van der Waals surface area contributed by atoms with Crippen molar-refractivity contribution in [1.29, 1.82) is 0 Å². The molecule has 196 valence electrons. The van der Waals surface area contributed by atoms with E-state index in [4.69, 9.17) is 9.47 Å². The van der Waals surface area contributed by atoms with Gasteiger partial charge in [0.25, 0.3) is 0 Å². The minimum atomic E-state index is -0.868. The lowest BCUT2D eigenvalue weighted by molar-refractivity contribution is -0.00257. The lowest BCUT2D eigenvalue weighted by Gasteiger charge is -2.32. The first-order valence-corrected chi connectivity index (χ1v) is 13.1. The zero-order valence-corrected chi connectivity index (χ0v) is 24.0. The molecule has 2 N–H and O–H groups in total. The summed E-state index contributed by atoms with van der Waals surface area (Å²) < 4.78 is 11.9. The molecule has 2 aromatic rings. The molecule has 0 aliphatic heterocycles. The van der Waals surface area contributed by atoms with Gasteiger partial charge in [0.15, 0.2) is 12.6 Å². The van der Waals surface area contributed by atoms with Gasteiger partial charge in [-0.05, 0) is 70.9 Å². The summed E-state index contributed by atoms with van der Waals surface area (Å²) in [7, 11) is 0. The van der Waals surface area contributed by atoms with E-state index >= 15 is 0 Å². The summed E-state index contributed by atoms with van der Waals surface area (Å²) in [5.41, 5.74) is 6.61. The number of aliphatic hydroxyl groups is 2. The van der Waals surface area contributed by atoms with Gasteiger partial charge < -0.3 is 19.7 Å². The molecule has 0 aliphatic carbocycles. The van der Waals surface area contributed by atoms with Gasteiger partial charge in [-0.3, -0.25) is 0 Å². The Balaban J connectivity index is 2.84. The fraction of sp³-hybridized carbons (Fsp3) is 0.613. The molecule has 0 aliphatic rings. The summed E-state index contributed by atoms with van der Waals surface area (Å²) >= 11 is 0. The van der Waals surface area contributed by atoms with E-state index in [0.717, 1.165) is 33.8 Å². The van der Waals surface area contributed by atoms with E-state index in [-0.39, 0.29) is 29.1 Å². The fourth-order valence-electron chi connectivity index (χ4n) is 4.57. The van der Waals surface area contributed by atoms with Crippen molar-refractivity contribution in [1.82, 2.24) is 0 Å². The first kappa shape index (κ1) is 29.2. The van der Waals surface area contributed by atoms with Crippen LogP contribution in [0.5, 0.6) is 11.5 Å². The molecule has 0 radical (unpaired) electrons. The normalized spacial score (nSPS) is 14.2. The van der Waals surface area contributed by atoms with Crippen LogP contribution in [0, 0.1) is 0 Å². The van der Waals surface area contributed by atoms with Crippen molar-refractivity contribution >= 4 is 0 Å². The quantitative estimate of drug-likeness (QED) is 0.336. The van der Waals surface area contributed by atoms with Gasteiger partial charge in [-0.2, -0.15) is 0 Å². The average molecular weight is 485 g/mol. The van der Waals surface area contributed by atoms with Crippen molar-refractivity contribution in [2.75, 3.05) is 0 Å². The van der Waals surface area contributed by atoms with Crippen molar-refractivity contribution in [3.63, 3.8) is 0 Å². The van der Waals surface area contributed by atoms with Crippen LogP contribution < -0.4 is 9.47 Å². The van der Waals surface area contributed by atoms with E-state index in [1.54, 1.807) is 13.8 Å². The highest BCUT2D eigenvalue weighted by Gasteiger charge is 2.30. The Hall–Kier alpha value is -2.04. The maximum absolute atomic E-state index is 10.0. The van der Waals surface area contributed by atoms with Crippen molar-refractivity contribution in [3.8, 4) is 11.5 Å². The molecule has 4 nitrogen and oxygen atoms in total. The van der Waals surface area contributed by atoms with Crippen LogP contribution in [-0.4, -0.2) is 22.8 Å². The zero-order chi connectivity index (χ0) is 26.8. The molecule has 0 spiro atoms. The summed E-state index contributed by atoms with van der Waals surface area (Å²) in [6, 6.07) is 8.99. The molecule has 2 unspecified atom stereocenters. The molecule has 4 heteroatoms.